The number of nitrogens with one attached hydrogen (secondary N) is 1. The number of phenolic OH excluding ortho intramolecular Hbond substituents is 1. The van der Waals surface area contributed by atoms with Gasteiger partial charge in [-0.15, -0.1) is 0 Å². The summed E-state index contributed by atoms with van der Waals surface area (Å²) in [6.07, 6.45) is 2.63. The number of thioether (sulfide) groups is 1. The van der Waals surface area contributed by atoms with Crippen LogP contribution in [0.25, 0.3) is 0 Å². The first-order valence-electron chi connectivity index (χ1n) is 5.85. The Kier molecular flexibility index (Phi) is 4.13. The molecule has 88 valence electrons. The molecule has 1 fully saturated rings. The van der Waals surface area contributed by atoms with Crippen LogP contribution in [0.5, 0.6) is 5.75 Å². The number of phenols is 1. The Labute approximate surface area is 101 Å². The highest BCUT2D eigenvalue weighted by Crippen LogP contribution is 2.33. The van der Waals surface area contributed by atoms with Crippen molar-refractivity contribution >= 4 is 11.8 Å². The third-order valence-electron chi connectivity index (χ3n) is 3.23. The molecule has 0 spiro atoms. The lowest BCUT2D eigenvalue weighted by Gasteiger charge is -2.30. The van der Waals surface area contributed by atoms with Crippen LogP contribution < -0.4 is 5.32 Å². The number of hydrogen-bond donors (Lipinski definition) is 2. The van der Waals surface area contributed by atoms with Gasteiger partial charge in [-0.2, -0.15) is 11.8 Å². The van der Waals surface area contributed by atoms with E-state index in [1.807, 2.05) is 19.2 Å². The zero-order valence-corrected chi connectivity index (χ0v) is 10.5. The van der Waals surface area contributed by atoms with Crippen molar-refractivity contribution < 1.29 is 5.11 Å². The highest BCUT2D eigenvalue weighted by molar-refractivity contribution is 7.99. The van der Waals surface area contributed by atoms with Crippen LogP contribution in [0.1, 0.15) is 24.4 Å². The largest absolute Gasteiger partial charge is 0.508 e. The normalized spacial score (nSPS) is 22.9. The highest BCUT2D eigenvalue weighted by Gasteiger charge is 2.23. The lowest BCUT2D eigenvalue weighted by molar-refractivity contribution is 0.384. The monoisotopic (exact) mass is 237 g/mol. The van der Waals surface area contributed by atoms with Crippen molar-refractivity contribution in [1.82, 2.24) is 5.32 Å². The summed E-state index contributed by atoms with van der Waals surface area (Å²) in [5, 5.41) is 12.7. The Hall–Kier alpha value is -0.670. The van der Waals surface area contributed by atoms with E-state index in [2.05, 4.69) is 17.1 Å². The fourth-order valence-electron chi connectivity index (χ4n) is 2.38. The quantitative estimate of drug-likeness (QED) is 0.848. The molecular formula is C13H19NOS. The Morgan fingerprint density at radius 2 is 2.12 bits per heavy atom. The Morgan fingerprint density at radius 3 is 2.69 bits per heavy atom. The molecule has 2 nitrogen and oxygen atoms in total. The van der Waals surface area contributed by atoms with Gasteiger partial charge in [-0.05, 0) is 55.0 Å². The van der Waals surface area contributed by atoms with Gasteiger partial charge in [-0.25, -0.2) is 0 Å². The molecule has 0 bridgehead atoms. The van der Waals surface area contributed by atoms with Gasteiger partial charge in [-0.3, -0.25) is 0 Å². The van der Waals surface area contributed by atoms with Crippen molar-refractivity contribution in [3.05, 3.63) is 29.8 Å². The van der Waals surface area contributed by atoms with Gasteiger partial charge >= 0.3 is 0 Å². The molecule has 0 aliphatic carbocycles. The van der Waals surface area contributed by atoms with E-state index in [9.17, 15) is 5.11 Å². The lowest BCUT2D eigenvalue weighted by Crippen LogP contribution is -2.28. The summed E-state index contributed by atoms with van der Waals surface area (Å²) >= 11 is 2.06. The molecule has 0 radical (unpaired) electrons. The van der Waals surface area contributed by atoms with Crippen LogP contribution in [-0.2, 0) is 0 Å². The van der Waals surface area contributed by atoms with Crippen LogP contribution in [0.3, 0.4) is 0 Å². The van der Waals surface area contributed by atoms with Gasteiger partial charge in [0.05, 0.1) is 0 Å². The summed E-state index contributed by atoms with van der Waals surface area (Å²) in [7, 11) is 2.02. The summed E-state index contributed by atoms with van der Waals surface area (Å²) in [5.41, 5.74) is 1.28. The van der Waals surface area contributed by atoms with Gasteiger partial charge in [0.1, 0.15) is 5.75 Å². The second-order valence-corrected chi connectivity index (χ2v) is 5.48. The van der Waals surface area contributed by atoms with Crippen molar-refractivity contribution in [2.24, 2.45) is 5.92 Å². The van der Waals surface area contributed by atoms with E-state index in [1.165, 1.54) is 29.9 Å². The average molecular weight is 237 g/mol. The smallest absolute Gasteiger partial charge is 0.115 e. The summed E-state index contributed by atoms with van der Waals surface area (Å²) in [6.45, 7) is 0. The van der Waals surface area contributed by atoms with E-state index in [4.69, 9.17) is 0 Å². The Bertz CT molecular complexity index is 319. The Morgan fingerprint density at radius 1 is 1.38 bits per heavy atom. The number of benzene rings is 1. The van der Waals surface area contributed by atoms with Crippen LogP contribution >= 0.6 is 11.8 Å². The van der Waals surface area contributed by atoms with Crippen LogP contribution in [0.4, 0.5) is 0 Å². The van der Waals surface area contributed by atoms with Crippen LogP contribution in [0, 0.1) is 5.92 Å². The molecule has 1 aromatic rings. The fraction of sp³-hybridized carbons (Fsp3) is 0.538. The zero-order chi connectivity index (χ0) is 11.4. The first kappa shape index (κ1) is 11.8. The van der Waals surface area contributed by atoms with E-state index in [0.29, 0.717) is 17.7 Å². The van der Waals surface area contributed by atoms with Gasteiger partial charge in [0.15, 0.2) is 0 Å². The topological polar surface area (TPSA) is 32.3 Å². The molecule has 2 atom stereocenters. The highest BCUT2D eigenvalue weighted by atomic mass is 32.2. The molecule has 3 heteroatoms. The number of aromatic hydroxyl groups is 1. The minimum atomic E-state index is 0.344. The first-order valence-corrected chi connectivity index (χ1v) is 7.00. The standard InChI is InChI=1S/C13H19NOS/c1-14-13(11-3-2-8-16-9-11)10-4-6-12(15)7-5-10/h4-7,11,13-15H,2-3,8-9H2,1H3. The summed E-state index contributed by atoms with van der Waals surface area (Å²) in [6, 6.07) is 8.02. The minimum absolute atomic E-state index is 0.344. The van der Waals surface area contributed by atoms with Crippen LogP contribution in [0.15, 0.2) is 24.3 Å². The molecule has 1 heterocycles. The molecule has 1 aliphatic heterocycles. The van der Waals surface area contributed by atoms with Gasteiger partial charge in [0.25, 0.3) is 0 Å². The van der Waals surface area contributed by atoms with E-state index in [-0.39, 0.29) is 0 Å². The molecule has 16 heavy (non-hydrogen) atoms. The van der Waals surface area contributed by atoms with Gasteiger partial charge in [-0.1, -0.05) is 12.1 Å². The predicted octanol–water partition coefficient (Wildman–Crippen LogP) is 2.80. The van der Waals surface area contributed by atoms with Crippen molar-refractivity contribution in [1.29, 1.82) is 0 Å². The predicted molar refractivity (Wildman–Crippen MR) is 70.0 cm³/mol. The summed E-state index contributed by atoms with van der Waals surface area (Å²) in [4.78, 5) is 0. The fourth-order valence-corrected chi connectivity index (χ4v) is 3.58. The molecule has 2 N–H and O–H groups in total. The van der Waals surface area contributed by atoms with Gasteiger partial charge in [0.2, 0.25) is 0 Å². The molecule has 0 saturated carbocycles. The first-order chi connectivity index (χ1) is 7.81. The number of rotatable bonds is 3. The van der Waals surface area contributed by atoms with Crippen molar-refractivity contribution in [2.45, 2.75) is 18.9 Å². The van der Waals surface area contributed by atoms with Crippen LogP contribution in [0.2, 0.25) is 0 Å². The molecule has 1 aliphatic rings. The minimum Gasteiger partial charge on any atom is -0.508 e. The second kappa shape index (κ2) is 5.60. The maximum Gasteiger partial charge on any atom is 0.115 e. The zero-order valence-electron chi connectivity index (χ0n) is 9.65. The Balaban J connectivity index is 2.11. The van der Waals surface area contributed by atoms with Gasteiger partial charge < -0.3 is 10.4 Å². The summed E-state index contributed by atoms with van der Waals surface area (Å²) in [5.74, 6) is 3.61. The number of hydrogen-bond acceptors (Lipinski definition) is 3. The van der Waals surface area contributed by atoms with Crippen molar-refractivity contribution in [3.63, 3.8) is 0 Å². The van der Waals surface area contributed by atoms with E-state index in [1.54, 1.807) is 12.1 Å². The third-order valence-corrected chi connectivity index (χ3v) is 4.47. The SMILES string of the molecule is CNC(c1ccc(O)cc1)C1CCCSC1. The van der Waals surface area contributed by atoms with E-state index >= 15 is 0 Å². The van der Waals surface area contributed by atoms with Crippen molar-refractivity contribution in [3.8, 4) is 5.75 Å². The average Bonchev–Trinajstić information content (AvgIpc) is 2.34. The molecular weight excluding hydrogens is 218 g/mol. The van der Waals surface area contributed by atoms with Gasteiger partial charge in [0, 0.05) is 6.04 Å². The molecule has 0 aromatic heterocycles. The molecule has 0 amide bonds. The second-order valence-electron chi connectivity index (χ2n) is 4.34. The van der Waals surface area contributed by atoms with E-state index in [0.717, 1.165) is 0 Å². The molecule has 1 aromatic carbocycles. The molecule has 2 rings (SSSR count). The molecule has 1 saturated heterocycles. The summed E-state index contributed by atoms with van der Waals surface area (Å²) < 4.78 is 0. The lowest BCUT2D eigenvalue weighted by atomic mass is 9.90. The third kappa shape index (κ3) is 2.71. The van der Waals surface area contributed by atoms with Crippen LogP contribution in [-0.4, -0.2) is 23.7 Å². The van der Waals surface area contributed by atoms with Crippen molar-refractivity contribution in [2.75, 3.05) is 18.6 Å². The maximum absolute atomic E-state index is 9.30. The van der Waals surface area contributed by atoms with E-state index < -0.39 is 0 Å². The maximum atomic E-state index is 9.30. The molecule has 2 unspecified atom stereocenters.